The second-order valence-electron chi connectivity index (χ2n) is 3.47. The molecule has 2 aromatic heterocycles. The third-order valence-corrected chi connectivity index (χ3v) is 2.99. The van der Waals surface area contributed by atoms with Gasteiger partial charge in [0, 0.05) is 12.6 Å². The van der Waals surface area contributed by atoms with Gasteiger partial charge in [0.2, 0.25) is 0 Å². The number of pyridine rings is 1. The summed E-state index contributed by atoms with van der Waals surface area (Å²) in [5, 5.41) is 17.7. The second kappa shape index (κ2) is 5.40. The second-order valence-corrected chi connectivity index (χ2v) is 4.25. The number of nitrogens with one attached hydrogen (secondary N) is 1. The molecule has 0 unspecified atom stereocenters. The molecule has 0 spiro atoms. The summed E-state index contributed by atoms with van der Waals surface area (Å²) in [6.07, 6.45) is 2.41. The lowest BCUT2D eigenvalue weighted by Gasteiger charge is -2.03. The number of aromatic nitrogens is 1. The van der Waals surface area contributed by atoms with Gasteiger partial charge in [-0.1, -0.05) is 0 Å². The molecule has 0 atom stereocenters. The molecular formula is C11H11N3O2S. The van der Waals surface area contributed by atoms with E-state index in [0.717, 1.165) is 18.7 Å². The Kier molecular flexibility index (Phi) is 3.66. The minimum Gasteiger partial charge on any atom is -0.382 e. The maximum atomic E-state index is 10.4. The van der Waals surface area contributed by atoms with Crippen LogP contribution in [0.4, 0.5) is 11.5 Å². The van der Waals surface area contributed by atoms with E-state index in [1.165, 1.54) is 17.8 Å². The fraction of sp³-hybridized carbons (Fsp3) is 0.182. The molecule has 88 valence electrons. The summed E-state index contributed by atoms with van der Waals surface area (Å²) in [5.74, 6) is -0.131. The van der Waals surface area contributed by atoms with Crippen LogP contribution in [0.15, 0.2) is 35.2 Å². The number of nitro groups is 1. The predicted octanol–water partition coefficient (Wildman–Crippen LogP) is 2.71. The summed E-state index contributed by atoms with van der Waals surface area (Å²) < 4.78 is 0. The smallest absolute Gasteiger partial charge is 0.363 e. The van der Waals surface area contributed by atoms with Crippen LogP contribution in [0.3, 0.4) is 0 Å². The molecule has 0 amide bonds. The van der Waals surface area contributed by atoms with Gasteiger partial charge < -0.3 is 15.4 Å². The number of rotatable bonds is 5. The van der Waals surface area contributed by atoms with Gasteiger partial charge in [0.1, 0.15) is 0 Å². The third-order valence-electron chi connectivity index (χ3n) is 2.26. The largest absolute Gasteiger partial charge is 0.382 e. The average Bonchev–Trinajstić information content (AvgIpc) is 2.83. The molecular weight excluding hydrogens is 238 g/mol. The van der Waals surface area contributed by atoms with E-state index < -0.39 is 4.92 Å². The first-order chi connectivity index (χ1) is 8.25. The zero-order chi connectivity index (χ0) is 12.1. The van der Waals surface area contributed by atoms with Crippen LogP contribution < -0.4 is 5.32 Å². The quantitative estimate of drug-likeness (QED) is 0.653. The lowest BCUT2D eigenvalue weighted by atomic mass is 10.2. The summed E-state index contributed by atoms with van der Waals surface area (Å²) in [4.78, 5) is 13.6. The number of hydrogen-bond donors (Lipinski definition) is 1. The van der Waals surface area contributed by atoms with Crippen molar-refractivity contribution in [2.75, 3.05) is 11.9 Å². The molecule has 5 nitrogen and oxygen atoms in total. The molecule has 17 heavy (non-hydrogen) atoms. The van der Waals surface area contributed by atoms with E-state index in [4.69, 9.17) is 0 Å². The molecule has 2 heterocycles. The van der Waals surface area contributed by atoms with Crippen molar-refractivity contribution in [1.29, 1.82) is 0 Å². The van der Waals surface area contributed by atoms with Crippen LogP contribution in [0, 0.1) is 10.1 Å². The van der Waals surface area contributed by atoms with Crippen molar-refractivity contribution in [3.63, 3.8) is 0 Å². The molecule has 2 aromatic rings. The molecule has 0 aromatic carbocycles. The average molecular weight is 249 g/mol. The van der Waals surface area contributed by atoms with Crippen molar-refractivity contribution in [3.8, 4) is 0 Å². The van der Waals surface area contributed by atoms with Crippen molar-refractivity contribution in [3.05, 3.63) is 50.8 Å². The van der Waals surface area contributed by atoms with Gasteiger partial charge in [-0.2, -0.15) is 11.3 Å². The fourth-order valence-electron chi connectivity index (χ4n) is 1.38. The van der Waals surface area contributed by atoms with Crippen molar-refractivity contribution in [1.82, 2.24) is 4.98 Å². The van der Waals surface area contributed by atoms with E-state index in [1.807, 2.05) is 5.38 Å². The van der Waals surface area contributed by atoms with Gasteiger partial charge in [0.15, 0.2) is 6.20 Å². The highest BCUT2D eigenvalue weighted by Crippen LogP contribution is 2.12. The Balaban J connectivity index is 1.85. The topological polar surface area (TPSA) is 68.1 Å². The first-order valence-corrected chi connectivity index (χ1v) is 6.05. The Morgan fingerprint density at radius 2 is 2.29 bits per heavy atom. The molecule has 0 aliphatic carbocycles. The summed E-state index contributed by atoms with van der Waals surface area (Å²) in [6, 6.07) is 5.14. The molecule has 0 fully saturated rings. The van der Waals surface area contributed by atoms with Gasteiger partial charge in [0.25, 0.3) is 0 Å². The maximum Gasteiger partial charge on any atom is 0.363 e. The molecule has 0 aliphatic rings. The minimum absolute atomic E-state index is 0.131. The van der Waals surface area contributed by atoms with E-state index in [9.17, 15) is 10.1 Å². The molecule has 0 saturated carbocycles. The highest BCUT2D eigenvalue weighted by molar-refractivity contribution is 7.07. The molecule has 0 aliphatic heterocycles. The summed E-state index contributed by atoms with van der Waals surface area (Å²) in [5.41, 5.74) is 2.09. The predicted molar refractivity (Wildman–Crippen MR) is 67.4 cm³/mol. The molecule has 0 radical (unpaired) electrons. The van der Waals surface area contributed by atoms with Gasteiger partial charge >= 0.3 is 5.82 Å². The molecule has 2 rings (SSSR count). The normalized spacial score (nSPS) is 10.1. The first-order valence-electron chi connectivity index (χ1n) is 5.11. The van der Waals surface area contributed by atoms with Gasteiger partial charge in [-0.25, -0.2) is 0 Å². The molecule has 1 N–H and O–H groups in total. The van der Waals surface area contributed by atoms with Gasteiger partial charge in [-0.3, -0.25) is 0 Å². The van der Waals surface area contributed by atoms with Gasteiger partial charge in [-0.05, 0) is 44.8 Å². The van der Waals surface area contributed by atoms with E-state index in [1.54, 1.807) is 17.4 Å². The van der Waals surface area contributed by atoms with Crippen LogP contribution in [-0.2, 0) is 6.42 Å². The Morgan fingerprint density at radius 3 is 2.88 bits per heavy atom. The van der Waals surface area contributed by atoms with Crippen LogP contribution in [0.1, 0.15) is 5.56 Å². The van der Waals surface area contributed by atoms with Crippen LogP contribution in [0.25, 0.3) is 0 Å². The highest BCUT2D eigenvalue weighted by Gasteiger charge is 2.05. The van der Waals surface area contributed by atoms with Crippen LogP contribution in [-0.4, -0.2) is 16.5 Å². The molecule has 6 heteroatoms. The zero-order valence-corrected chi connectivity index (χ0v) is 9.81. The minimum atomic E-state index is -0.505. The lowest BCUT2D eigenvalue weighted by Crippen LogP contribution is -2.04. The van der Waals surface area contributed by atoms with E-state index >= 15 is 0 Å². The Labute approximate surface area is 102 Å². The first kappa shape index (κ1) is 11.5. The number of nitrogens with zero attached hydrogens (tertiary/aromatic N) is 2. The SMILES string of the molecule is O=[N+]([O-])c1ccc(NCCc2ccsc2)cn1. The van der Waals surface area contributed by atoms with Crippen LogP contribution >= 0.6 is 11.3 Å². The molecule has 0 saturated heterocycles. The fourth-order valence-corrected chi connectivity index (χ4v) is 2.09. The standard InChI is InChI=1S/C11H11N3O2S/c15-14(16)11-2-1-10(7-13-11)12-5-3-9-4-6-17-8-9/h1-2,4,6-8,12H,3,5H2. The Hall–Kier alpha value is -1.95. The van der Waals surface area contributed by atoms with Crippen molar-refractivity contribution >= 4 is 22.8 Å². The van der Waals surface area contributed by atoms with Gasteiger partial charge in [-0.15, -0.1) is 0 Å². The monoisotopic (exact) mass is 249 g/mol. The van der Waals surface area contributed by atoms with E-state index in [0.29, 0.717) is 0 Å². The van der Waals surface area contributed by atoms with Crippen molar-refractivity contribution in [2.24, 2.45) is 0 Å². The van der Waals surface area contributed by atoms with Crippen LogP contribution in [0.2, 0.25) is 0 Å². The highest BCUT2D eigenvalue weighted by atomic mass is 32.1. The summed E-state index contributed by atoms with van der Waals surface area (Å²) in [7, 11) is 0. The third kappa shape index (κ3) is 3.25. The Morgan fingerprint density at radius 1 is 1.41 bits per heavy atom. The zero-order valence-electron chi connectivity index (χ0n) is 9.00. The van der Waals surface area contributed by atoms with E-state index in [2.05, 4.69) is 21.7 Å². The van der Waals surface area contributed by atoms with Gasteiger partial charge in [0.05, 0.1) is 5.69 Å². The van der Waals surface area contributed by atoms with Crippen molar-refractivity contribution < 1.29 is 4.92 Å². The van der Waals surface area contributed by atoms with E-state index in [-0.39, 0.29) is 5.82 Å². The summed E-state index contributed by atoms with van der Waals surface area (Å²) in [6.45, 7) is 0.788. The van der Waals surface area contributed by atoms with Crippen LogP contribution in [0.5, 0.6) is 0 Å². The maximum absolute atomic E-state index is 10.4. The molecule has 0 bridgehead atoms. The van der Waals surface area contributed by atoms with Crippen molar-refractivity contribution in [2.45, 2.75) is 6.42 Å². The number of anilines is 1. The Bertz CT molecular complexity index is 482. The lowest BCUT2D eigenvalue weighted by molar-refractivity contribution is -0.389. The summed E-state index contributed by atoms with van der Waals surface area (Å²) >= 11 is 1.68. The number of hydrogen-bond acceptors (Lipinski definition) is 5. The number of thiophene rings is 1.